The first-order valence-corrected chi connectivity index (χ1v) is 13.1. The van der Waals surface area contributed by atoms with E-state index >= 15 is 0 Å². The Hall–Kier alpha value is -3.39. The first-order chi connectivity index (χ1) is 17.9. The molecule has 0 spiro atoms. The second-order valence-electron chi connectivity index (χ2n) is 10.2. The Morgan fingerprint density at radius 3 is 2.59 bits per heavy atom. The third kappa shape index (κ3) is 4.70. The molecule has 8 heteroatoms. The van der Waals surface area contributed by atoms with Gasteiger partial charge in [-0.25, -0.2) is 9.78 Å². The van der Waals surface area contributed by atoms with E-state index in [4.69, 9.17) is 14.5 Å². The number of benzene rings is 2. The zero-order valence-corrected chi connectivity index (χ0v) is 21.7. The molecular formula is C29H35N3O5. The number of carboxylic acids is 1. The van der Waals surface area contributed by atoms with Crippen LogP contribution in [0.5, 0.6) is 0 Å². The van der Waals surface area contributed by atoms with Crippen LogP contribution in [-0.2, 0) is 27.1 Å². The number of anilines is 1. The molecule has 4 atom stereocenters. The topological polar surface area (TPSA) is 93.9 Å². The molecule has 2 aromatic carbocycles. The van der Waals surface area contributed by atoms with Crippen molar-refractivity contribution in [2.75, 3.05) is 19.1 Å². The summed E-state index contributed by atoms with van der Waals surface area (Å²) in [6, 6.07) is 13.6. The number of nitrogens with zero attached hydrogens (tertiary/aromatic N) is 3. The van der Waals surface area contributed by atoms with Crippen LogP contribution < -0.4 is 4.90 Å². The molecule has 2 aliphatic rings. The number of fused-ring (bicyclic) bond motifs is 3. The van der Waals surface area contributed by atoms with E-state index in [9.17, 15) is 14.7 Å². The Kier molecular flexibility index (Phi) is 7.20. The molecule has 1 aliphatic carbocycles. The number of carbonyl (C=O) groups is 2. The van der Waals surface area contributed by atoms with Crippen molar-refractivity contribution in [1.82, 2.24) is 9.55 Å². The number of rotatable bonds is 6. The molecule has 1 saturated carbocycles. The molecule has 1 fully saturated rings. The first-order valence-electron chi connectivity index (χ1n) is 13.1. The van der Waals surface area contributed by atoms with Crippen LogP contribution in [0.2, 0.25) is 0 Å². The number of ether oxygens (including phenoxy) is 2. The molecule has 196 valence electrons. The maximum Gasteiger partial charge on any atom is 0.414 e. The Morgan fingerprint density at radius 2 is 1.89 bits per heavy atom. The van der Waals surface area contributed by atoms with Crippen molar-refractivity contribution in [1.29, 1.82) is 0 Å². The van der Waals surface area contributed by atoms with Gasteiger partial charge < -0.3 is 19.1 Å². The van der Waals surface area contributed by atoms with E-state index in [0.29, 0.717) is 0 Å². The maximum atomic E-state index is 12.6. The molecule has 1 aliphatic heterocycles. The van der Waals surface area contributed by atoms with E-state index in [2.05, 4.69) is 4.57 Å². The van der Waals surface area contributed by atoms with Gasteiger partial charge in [0.1, 0.15) is 5.82 Å². The van der Waals surface area contributed by atoms with Gasteiger partial charge in [-0.05, 0) is 63.1 Å². The molecule has 1 aromatic heterocycles. The number of hydrogen-bond donors (Lipinski definition) is 1. The second-order valence-corrected chi connectivity index (χ2v) is 10.2. The van der Waals surface area contributed by atoms with Crippen molar-refractivity contribution in [3.8, 4) is 0 Å². The summed E-state index contributed by atoms with van der Waals surface area (Å²) in [4.78, 5) is 31.9. The number of aromatic nitrogens is 2. The van der Waals surface area contributed by atoms with Gasteiger partial charge in [0.05, 0.1) is 35.9 Å². The summed E-state index contributed by atoms with van der Waals surface area (Å²) in [7, 11) is 3.16. The van der Waals surface area contributed by atoms with Crippen molar-refractivity contribution in [3.63, 3.8) is 0 Å². The molecule has 8 nitrogen and oxygen atoms in total. The number of amides is 1. The van der Waals surface area contributed by atoms with Gasteiger partial charge in [0, 0.05) is 31.2 Å². The van der Waals surface area contributed by atoms with Crippen molar-refractivity contribution in [2.45, 2.75) is 76.0 Å². The molecule has 2 heterocycles. The zero-order chi connectivity index (χ0) is 26.1. The van der Waals surface area contributed by atoms with Gasteiger partial charge in [-0.3, -0.25) is 9.69 Å². The number of carbonyl (C=O) groups excluding carboxylic acids is 1. The van der Waals surface area contributed by atoms with Gasteiger partial charge in [-0.2, -0.15) is 0 Å². The van der Waals surface area contributed by atoms with E-state index in [1.807, 2.05) is 49.4 Å². The minimum Gasteiger partial charge on any atom is -0.481 e. The molecule has 0 radical (unpaired) electrons. The predicted molar refractivity (Wildman–Crippen MR) is 141 cm³/mol. The second kappa shape index (κ2) is 10.5. The number of carboxylic acid groups (broad SMARTS) is 1. The molecule has 1 amide bonds. The molecule has 5 rings (SSSR count). The van der Waals surface area contributed by atoms with E-state index in [1.54, 1.807) is 12.0 Å². The van der Waals surface area contributed by atoms with Crippen LogP contribution in [0.4, 0.5) is 10.5 Å². The van der Waals surface area contributed by atoms with Gasteiger partial charge in [-0.15, -0.1) is 0 Å². The Balaban J connectivity index is 1.66. The largest absolute Gasteiger partial charge is 0.481 e. The summed E-state index contributed by atoms with van der Waals surface area (Å²) in [5.41, 5.74) is 4.45. The lowest BCUT2D eigenvalue weighted by Gasteiger charge is -2.34. The van der Waals surface area contributed by atoms with E-state index in [0.717, 1.165) is 72.2 Å². The monoisotopic (exact) mass is 505 g/mol. The Morgan fingerprint density at radius 1 is 1.11 bits per heavy atom. The highest BCUT2D eigenvalue weighted by Crippen LogP contribution is 2.40. The third-order valence-corrected chi connectivity index (χ3v) is 8.08. The average Bonchev–Trinajstić information content (AvgIpc) is 3.30. The van der Waals surface area contributed by atoms with Crippen LogP contribution in [0.15, 0.2) is 42.5 Å². The highest BCUT2D eigenvalue weighted by molar-refractivity contribution is 5.95. The smallest absolute Gasteiger partial charge is 0.414 e. The molecule has 0 saturated heterocycles. The van der Waals surface area contributed by atoms with Crippen LogP contribution in [0.3, 0.4) is 0 Å². The molecular weight excluding hydrogens is 470 g/mol. The molecule has 0 bridgehead atoms. The number of methoxy groups -OCH3 is 2. The predicted octanol–water partition coefficient (Wildman–Crippen LogP) is 5.48. The van der Waals surface area contributed by atoms with Crippen molar-refractivity contribution >= 4 is 28.8 Å². The average molecular weight is 506 g/mol. The minimum atomic E-state index is -0.865. The third-order valence-electron chi connectivity index (χ3n) is 8.08. The van der Waals surface area contributed by atoms with E-state index in [-0.39, 0.29) is 30.7 Å². The minimum absolute atomic E-state index is 0.0224. The van der Waals surface area contributed by atoms with Gasteiger partial charge >= 0.3 is 12.1 Å². The highest BCUT2D eigenvalue weighted by Gasteiger charge is 2.34. The summed E-state index contributed by atoms with van der Waals surface area (Å²) < 4.78 is 13.1. The van der Waals surface area contributed by atoms with Crippen LogP contribution >= 0.6 is 0 Å². The van der Waals surface area contributed by atoms with Crippen LogP contribution in [0.25, 0.3) is 11.0 Å². The Bertz CT molecular complexity index is 1290. The molecule has 3 aromatic rings. The van der Waals surface area contributed by atoms with Crippen LogP contribution in [-0.4, -0.2) is 53.1 Å². The maximum absolute atomic E-state index is 12.6. The number of aliphatic carboxylic acids is 1. The van der Waals surface area contributed by atoms with Crippen molar-refractivity contribution in [3.05, 3.63) is 59.4 Å². The summed E-state index contributed by atoms with van der Waals surface area (Å²) >= 11 is 0. The highest BCUT2D eigenvalue weighted by atomic mass is 16.5. The number of hydrogen-bond acceptors (Lipinski definition) is 5. The van der Waals surface area contributed by atoms with Gasteiger partial charge in [0.2, 0.25) is 0 Å². The fourth-order valence-corrected chi connectivity index (χ4v) is 6.16. The Labute approximate surface area is 217 Å². The normalized spacial score (nSPS) is 22.5. The van der Waals surface area contributed by atoms with E-state index < -0.39 is 11.9 Å². The molecule has 1 N–H and O–H groups in total. The van der Waals surface area contributed by atoms with E-state index in [1.165, 1.54) is 7.11 Å². The lowest BCUT2D eigenvalue weighted by Crippen LogP contribution is -2.42. The zero-order valence-electron chi connectivity index (χ0n) is 21.7. The van der Waals surface area contributed by atoms with Crippen molar-refractivity contribution in [2.24, 2.45) is 0 Å². The molecule has 37 heavy (non-hydrogen) atoms. The van der Waals surface area contributed by atoms with Crippen LogP contribution in [0.1, 0.15) is 67.9 Å². The first kappa shape index (κ1) is 25.3. The number of imidazole rings is 1. The molecule has 0 unspecified atom stereocenters. The lowest BCUT2D eigenvalue weighted by atomic mass is 9.91. The SMILES string of the molecule is COC(=O)N1c2ccc3c(nc(C[C@@H](C(=O)O)c4ccccc4)n3[C@H]3CCC[C@H](OC)C3)c2CC[C@@H]1C. The number of aryl methyl sites for hydroxylation is 1. The summed E-state index contributed by atoms with van der Waals surface area (Å²) in [6.07, 6.45) is 5.60. The lowest BCUT2D eigenvalue weighted by molar-refractivity contribution is -0.138. The summed E-state index contributed by atoms with van der Waals surface area (Å²) in [5, 5.41) is 10.2. The van der Waals surface area contributed by atoms with Gasteiger partial charge in [0.25, 0.3) is 0 Å². The standard InChI is InChI=1S/C29H35N3O5/c1-18-12-13-22-24(31(18)29(35)37-3)14-15-25-27(22)30-26(32(25)20-10-7-11-21(16-20)36-2)17-23(28(33)34)19-8-5-4-6-9-19/h4-6,8-9,14-15,18,20-21,23H,7,10-13,16-17H2,1-3H3,(H,33,34)/t18-,20-,21-,23+/m0/s1. The van der Waals surface area contributed by atoms with Gasteiger partial charge in [-0.1, -0.05) is 30.3 Å². The summed E-state index contributed by atoms with van der Waals surface area (Å²) in [5.74, 6) is -0.804. The summed E-state index contributed by atoms with van der Waals surface area (Å²) in [6.45, 7) is 2.03. The quantitative estimate of drug-likeness (QED) is 0.476. The van der Waals surface area contributed by atoms with Crippen molar-refractivity contribution < 1.29 is 24.2 Å². The fourth-order valence-electron chi connectivity index (χ4n) is 6.16. The fraction of sp³-hybridized carbons (Fsp3) is 0.483. The van der Waals surface area contributed by atoms with Gasteiger partial charge in [0.15, 0.2) is 0 Å². The van der Waals surface area contributed by atoms with Crippen LogP contribution in [0, 0.1) is 0 Å².